The van der Waals surface area contributed by atoms with Gasteiger partial charge in [-0.05, 0) is 24.8 Å². The molecule has 1 fully saturated rings. The maximum Gasteiger partial charge on any atom is 0.341 e. The summed E-state index contributed by atoms with van der Waals surface area (Å²) in [6, 6.07) is 3.04. The molecule has 2 rings (SSSR count). The summed E-state index contributed by atoms with van der Waals surface area (Å²) in [5, 5.41) is 18.5. The van der Waals surface area contributed by atoms with Gasteiger partial charge in [-0.1, -0.05) is 19.8 Å². The summed E-state index contributed by atoms with van der Waals surface area (Å²) in [6.07, 6.45) is 4.03. The zero-order valence-electron chi connectivity index (χ0n) is 15.8. The molecule has 1 aromatic rings. The molecule has 0 aliphatic heterocycles. The van der Waals surface area contributed by atoms with Crippen molar-refractivity contribution in [3.8, 4) is 0 Å². The number of carbonyl (C=O) groups excluding carboxylic acids is 3. The third-order valence-corrected chi connectivity index (χ3v) is 4.72. The molecule has 10 nitrogen and oxygen atoms in total. The Labute approximate surface area is 162 Å². The second-order valence-corrected chi connectivity index (χ2v) is 6.70. The topological polar surface area (TPSA) is 140 Å². The van der Waals surface area contributed by atoms with Crippen LogP contribution in [0.15, 0.2) is 18.2 Å². The van der Waals surface area contributed by atoms with E-state index in [9.17, 15) is 24.5 Å². The highest BCUT2D eigenvalue weighted by atomic mass is 16.6. The molecule has 0 unspecified atom stereocenters. The first-order valence-electron chi connectivity index (χ1n) is 9.05. The summed E-state index contributed by atoms with van der Waals surface area (Å²) < 4.78 is 4.89. The quantitative estimate of drug-likeness (QED) is 0.383. The fourth-order valence-electron chi connectivity index (χ4n) is 3.14. The molecule has 1 aromatic carbocycles. The number of nitrogens with zero attached hydrogens (tertiary/aromatic N) is 1. The summed E-state index contributed by atoms with van der Waals surface area (Å²) in [7, 11) is 1.54. The molecule has 0 bridgehead atoms. The monoisotopic (exact) mass is 392 g/mol. The molecule has 0 saturated heterocycles. The number of hydrogen-bond donors (Lipinski definition) is 3. The number of benzene rings is 1. The van der Waals surface area contributed by atoms with Gasteiger partial charge in [0.1, 0.15) is 0 Å². The van der Waals surface area contributed by atoms with Gasteiger partial charge in [-0.3, -0.25) is 20.2 Å². The smallest absolute Gasteiger partial charge is 0.341 e. The highest BCUT2D eigenvalue weighted by molar-refractivity contribution is 5.99. The maximum absolute atomic E-state index is 12.2. The van der Waals surface area contributed by atoms with Gasteiger partial charge in [0.2, 0.25) is 0 Å². The van der Waals surface area contributed by atoms with Crippen LogP contribution in [0.1, 0.15) is 43.0 Å². The van der Waals surface area contributed by atoms with Crippen LogP contribution in [0.2, 0.25) is 0 Å². The predicted molar refractivity (Wildman–Crippen MR) is 101 cm³/mol. The highest BCUT2D eigenvalue weighted by Crippen LogP contribution is 2.24. The Bertz CT molecular complexity index is 766. The Morgan fingerprint density at radius 1 is 1.25 bits per heavy atom. The van der Waals surface area contributed by atoms with Crippen molar-refractivity contribution in [1.82, 2.24) is 10.6 Å². The molecule has 0 aromatic heterocycles. The number of esters is 1. The van der Waals surface area contributed by atoms with E-state index < -0.39 is 29.4 Å². The predicted octanol–water partition coefficient (Wildman–Crippen LogP) is 2.20. The Morgan fingerprint density at radius 3 is 2.61 bits per heavy atom. The number of hydrogen-bond acceptors (Lipinski definition) is 7. The van der Waals surface area contributed by atoms with E-state index in [1.807, 2.05) is 6.92 Å². The number of nitro benzene ring substituents is 1. The van der Waals surface area contributed by atoms with E-state index in [0.717, 1.165) is 31.7 Å². The van der Waals surface area contributed by atoms with Crippen LogP contribution in [0.5, 0.6) is 0 Å². The van der Waals surface area contributed by atoms with Crippen molar-refractivity contribution < 1.29 is 24.0 Å². The zero-order chi connectivity index (χ0) is 20.7. The average Bonchev–Trinajstić information content (AvgIpc) is 2.67. The lowest BCUT2D eigenvalue weighted by Gasteiger charge is -2.29. The Balaban J connectivity index is 1.88. The normalized spacial score (nSPS) is 18.6. The maximum atomic E-state index is 12.2. The first-order valence-corrected chi connectivity index (χ1v) is 9.05. The van der Waals surface area contributed by atoms with Gasteiger partial charge in [0, 0.05) is 30.9 Å². The lowest BCUT2D eigenvalue weighted by atomic mass is 9.86. The molecule has 0 radical (unpaired) electrons. The molecular formula is C18H24N4O6. The van der Waals surface area contributed by atoms with E-state index in [1.165, 1.54) is 12.1 Å². The number of amides is 3. The summed E-state index contributed by atoms with van der Waals surface area (Å²) in [6.45, 7) is 1.37. The average molecular weight is 392 g/mol. The molecule has 3 amide bonds. The van der Waals surface area contributed by atoms with E-state index in [1.54, 1.807) is 7.05 Å². The number of imide groups is 1. The minimum Gasteiger partial charge on any atom is -0.452 e. The second-order valence-electron chi connectivity index (χ2n) is 6.70. The number of urea groups is 1. The van der Waals surface area contributed by atoms with Gasteiger partial charge in [0.15, 0.2) is 6.61 Å². The summed E-state index contributed by atoms with van der Waals surface area (Å²) in [5.41, 5.74) is -0.0404. The lowest BCUT2D eigenvalue weighted by Crippen LogP contribution is -2.48. The summed E-state index contributed by atoms with van der Waals surface area (Å²) in [4.78, 5) is 46.2. The molecule has 3 N–H and O–H groups in total. The van der Waals surface area contributed by atoms with Crippen LogP contribution in [0.3, 0.4) is 0 Å². The van der Waals surface area contributed by atoms with Gasteiger partial charge >= 0.3 is 12.0 Å². The molecule has 1 saturated carbocycles. The molecule has 1 aliphatic rings. The van der Waals surface area contributed by atoms with Crippen LogP contribution < -0.4 is 16.0 Å². The fraction of sp³-hybridized carbons (Fsp3) is 0.500. The van der Waals surface area contributed by atoms with Crippen molar-refractivity contribution in [2.45, 2.75) is 38.6 Å². The van der Waals surface area contributed by atoms with Crippen LogP contribution in [-0.2, 0) is 9.53 Å². The first-order chi connectivity index (χ1) is 13.3. The number of rotatable bonds is 6. The SMILES string of the molecule is CNc1ccc([N+](=O)[O-])cc1C(=O)OCC(=O)NC(=O)N[C@H]1CCCC[C@@H]1C. The summed E-state index contributed by atoms with van der Waals surface area (Å²) >= 11 is 0. The van der Waals surface area contributed by atoms with Crippen molar-refractivity contribution in [3.63, 3.8) is 0 Å². The van der Waals surface area contributed by atoms with Crippen molar-refractivity contribution in [2.24, 2.45) is 5.92 Å². The largest absolute Gasteiger partial charge is 0.452 e. The van der Waals surface area contributed by atoms with Gasteiger partial charge in [0.25, 0.3) is 11.6 Å². The molecule has 2 atom stereocenters. The minimum atomic E-state index is -0.912. The van der Waals surface area contributed by atoms with Crippen molar-refractivity contribution in [2.75, 3.05) is 19.0 Å². The highest BCUT2D eigenvalue weighted by Gasteiger charge is 2.24. The van der Waals surface area contributed by atoms with Gasteiger partial charge in [-0.25, -0.2) is 9.59 Å². The van der Waals surface area contributed by atoms with E-state index in [2.05, 4.69) is 16.0 Å². The third-order valence-electron chi connectivity index (χ3n) is 4.72. The third kappa shape index (κ3) is 5.66. The van der Waals surface area contributed by atoms with Crippen LogP contribution in [0.4, 0.5) is 16.2 Å². The fourth-order valence-corrected chi connectivity index (χ4v) is 3.14. The van der Waals surface area contributed by atoms with E-state index >= 15 is 0 Å². The lowest BCUT2D eigenvalue weighted by molar-refractivity contribution is -0.384. The molecule has 0 heterocycles. The minimum absolute atomic E-state index is 0.00663. The van der Waals surface area contributed by atoms with Crippen LogP contribution in [0, 0.1) is 16.0 Å². The van der Waals surface area contributed by atoms with E-state index in [-0.39, 0.29) is 17.3 Å². The number of ether oxygens (including phenoxy) is 1. The second kappa shape index (κ2) is 9.67. The Kier molecular flexibility index (Phi) is 7.30. The number of carbonyl (C=O) groups is 3. The number of anilines is 1. The molecule has 1 aliphatic carbocycles. The number of nitro groups is 1. The van der Waals surface area contributed by atoms with Crippen molar-refractivity contribution in [3.05, 3.63) is 33.9 Å². The van der Waals surface area contributed by atoms with Crippen LogP contribution >= 0.6 is 0 Å². The molecule has 10 heteroatoms. The van der Waals surface area contributed by atoms with Crippen LogP contribution in [0.25, 0.3) is 0 Å². The molecule has 28 heavy (non-hydrogen) atoms. The number of nitrogens with one attached hydrogen (secondary N) is 3. The van der Waals surface area contributed by atoms with Gasteiger partial charge in [0.05, 0.1) is 10.5 Å². The molecular weight excluding hydrogens is 368 g/mol. The van der Waals surface area contributed by atoms with E-state index in [4.69, 9.17) is 4.74 Å². The molecule has 0 spiro atoms. The number of non-ortho nitro benzene ring substituents is 1. The van der Waals surface area contributed by atoms with E-state index in [0.29, 0.717) is 11.6 Å². The summed E-state index contributed by atoms with van der Waals surface area (Å²) in [5.74, 6) is -1.36. The van der Waals surface area contributed by atoms with Crippen molar-refractivity contribution in [1.29, 1.82) is 0 Å². The van der Waals surface area contributed by atoms with Gasteiger partial charge in [-0.15, -0.1) is 0 Å². The van der Waals surface area contributed by atoms with Crippen LogP contribution in [-0.4, -0.2) is 42.5 Å². The standard InChI is InChI=1S/C18H24N4O6/c1-11-5-3-4-6-14(11)20-18(25)21-16(23)10-28-17(24)13-9-12(22(26)27)7-8-15(13)19-2/h7-9,11,14,19H,3-6,10H2,1-2H3,(H2,20,21,23,25)/t11-,14-/m0/s1. The van der Waals surface area contributed by atoms with Crippen molar-refractivity contribution >= 4 is 29.3 Å². The van der Waals surface area contributed by atoms with Gasteiger partial charge < -0.3 is 15.4 Å². The van der Waals surface area contributed by atoms with Gasteiger partial charge in [-0.2, -0.15) is 0 Å². The Hall–Kier alpha value is -3.17. The zero-order valence-corrected chi connectivity index (χ0v) is 15.8. The molecule has 152 valence electrons. The Morgan fingerprint density at radius 2 is 1.96 bits per heavy atom. The first kappa shape index (κ1) is 21.1.